The van der Waals surface area contributed by atoms with Gasteiger partial charge >= 0.3 is 0 Å². The van der Waals surface area contributed by atoms with E-state index in [9.17, 15) is 4.79 Å². The third-order valence-electron chi connectivity index (χ3n) is 3.28. The van der Waals surface area contributed by atoms with Gasteiger partial charge in [-0.05, 0) is 25.2 Å². The topological polar surface area (TPSA) is 80.0 Å². The number of hydrogen-bond donors (Lipinski definition) is 3. The lowest BCUT2D eigenvalue weighted by Gasteiger charge is -2.02. The number of thiazole rings is 1. The van der Waals surface area contributed by atoms with Crippen molar-refractivity contribution >= 4 is 28.2 Å². The molecule has 0 bridgehead atoms. The molecule has 0 aliphatic heterocycles. The molecule has 1 amide bonds. The molecule has 1 fully saturated rings. The number of nitrogens with one attached hydrogen (secondary N) is 2. The van der Waals surface area contributed by atoms with Gasteiger partial charge in [-0.3, -0.25) is 4.79 Å². The Morgan fingerprint density at radius 2 is 2.26 bits per heavy atom. The average molecular weight is 282 g/mol. The van der Waals surface area contributed by atoms with E-state index in [0.29, 0.717) is 22.7 Å². The van der Waals surface area contributed by atoms with E-state index < -0.39 is 0 Å². The zero-order valence-electron chi connectivity index (χ0n) is 11.5. The molecule has 1 aliphatic rings. The Hall–Kier alpha value is -1.30. The molecule has 6 heteroatoms. The molecule has 106 valence electrons. The van der Waals surface area contributed by atoms with Crippen LogP contribution in [0.5, 0.6) is 0 Å². The molecular formula is C13H22N4OS. The molecule has 19 heavy (non-hydrogen) atoms. The van der Waals surface area contributed by atoms with Crippen molar-refractivity contribution in [2.45, 2.75) is 45.6 Å². The van der Waals surface area contributed by atoms with E-state index in [1.165, 1.54) is 24.2 Å². The standard InChI is InChI=1S/C13H22N4OS/c1-3-5-8-7-9(8)16-12(18)10-11(14)17-13(19-10)15-6-4-2/h8-9H,3-7,14H2,1-2H3,(H,15,17)(H,16,18). The van der Waals surface area contributed by atoms with Crippen LogP contribution in [0, 0.1) is 5.92 Å². The van der Waals surface area contributed by atoms with Crippen LogP contribution >= 0.6 is 11.3 Å². The minimum absolute atomic E-state index is 0.0804. The minimum atomic E-state index is -0.0804. The first-order chi connectivity index (χ1) is 9.15. The van der Waals surface area contributed by atoms with Gasteiger partial charge in [0.1, 0.15) is 10.7 Å². The van der Waals surface area contributed by atoms with Crippen molar-refractivity contribution in [2.75, 3.05) is 17.6 Å². The number of aromatic nitrogens is 1. The summed E-state index contributed by atoms with van der Waals surface area (Å²) >= 11 is 1.33. The van der Waals surface area contributed by atoms with Crippen LogP contribution in [0.1, 0.15) is 49.2 Å². The number of amides is 1. The summed E-state index contributed by atoms with van der Waals surface area (Å²) in [7, 11) is 0. The highest BCUT2D eigenvalue weighted by Crippen LogP contribution is 2.35. The van der Waals surface area contributed by atoms with Crippen molar-refractivity contribution < 1.29 is 4.79 Å². The van der Waals surface area contributed by atoms with Crippen molar-refractivity contribution in [1.82, 2.24) is 10.3 Å². The van der Waals surface area contributed by atoms with Gasteiger partial charge in [-0.1, -0.05) is 31.6 Å². The van der Waals surface area contributed by atoms with Gasteiger partial charge in [-0.25, -0.2) is 4.98 Å². The van der Waals surface area contributed by atoms with Gasteiger partial charge in [0.25, 0.3) is 5.91 Å². The predicted molar refractivity (Wildman–Crippen MR) is 79.6 cm³/mol. The third-order valence-corrected chi connectivity index (χ3v) is 4.31. The summed E-state index contributed by atoms with van der Waals surface area (Å²) in [5.74, 6) is 0.901. The Labute approximate surface area is 118 Å². The molecule has 0 saturated heterocycles. The van der Waals surface area contributed by atoms with Crippen molar-refractivity contribution in [1.29, 1.82) is 0 Å². The van der Waals surface area contributed by atoms with E-state index in [0.717, 1.165) is 24.5 Å². The number of anilines is 2. The largest absolute Gasteiger partial charge is 0.382 e. The van der Waals surface area contributed by atoms with Crippen LogP contribution in [0.15, 0.2) is 0 Å². The third kappa shape index (κ3) is 3.59. The van der Waals surface area contributed by atoms with E-state index in [2.05, 4.69) is 29.5 Å². The lowest BCUT2D eigenvalue weighted by atomic mass is 10.2. The van der Waals surface area contributed by atoms with Gasteiger partial charge in [0, 0.05) is 12.6 Å². The number of nitrogens with two attached hydrogens (primary N) is 1. The molecule has 1 aromatic heterocycles. The lowest BCUT2D eigenvalue weighted by molar-refractivity contribution is 0.0953. The van der Waals surface area contributed by atoms with Crippen LogP contribution in [0.2, 0.25) is 0 Å². The van der Waals surface area contributed by atoms with Crippen molar-refractivity contribution in [3.05, 3.63) is 4.88 Å². The Bertz CT molecular complexity index is 446. The fraction of sp³-hybridized carbons (Fsp3) is 0.692. The first kappa shape index (κ1) is 14.1. The van der Waals surface area contributed by atoms with Gasteiger partial charge in [0.05, 0.1) is 0 Å². The normalized spacial score (nSPS) is 21.2. The molecule has 5 nitrogen and oxygen atoms in total. The number of hydrogen-bond acceptors (Lipinski definition) is 5. The van der Waals surface area contributed by atoms with Gasteiger partial charge < -0.3 is 16.4 Å². The first-order valence-electron chi connectivity index (χ1n) is 6.96. The summed E-state index contributed by atoms with van der Waals surface area (Å²) in [6.45, 7) is 5.10. The van der Waals surface area contributed by atoms with Crippen LogP contribution in [0.4, 0.5) is 10.9 Å². The second kappa shape index (κ2) is 6.23. The molecule has 2 atom stereocenters. The first-order valence-corrected chi connectivity index (χ1v) is 7.78. The fourth-order valence-electron chi connectivity index (χ4n) is 2.15. The highest BCUT2D eigenvalue weighted by atomic mass is 32.1. The Kier molecular flexibility index (Phi) is 4.63. The van der Waals surface area contributed by atoms with Crippen LogP contribution in [0.3, 0.4) is 0 Å². The Balaban J connectivity index is 1.90. The molecule has 1 aromatic rings. The Morgan fingerprint density at radius 3 is 2.95 bits per heavy atom. The quantitative estimate of drug-likeness (QED) is 0.717. The second-order valence-electron chi connectivity index (χ2n) is 5.02. The molecule has 1 aliphatic carbocycles. The number of carbonyl (C=O) groups excluding carboxylic acids is 1. The van der Waals surface area contributed by atoms with Gasteiger partial charge in [-0.2, -0.15) is 0 Å². The molecular weight excluding hydrogens is 260 g/mol. The molecule has 0 aromatic carbocycles. The van der Waals surface area contributed by atoms with Crippen LogP contribution in [0.25, 0.3) is 0 Å². The maximum Gasteiger partial charge on any atom is 0.265 e. The zero-order chi connectivity index (χ0) is 13.8. The maximum atomic E-state index is 12.1. The monoisotopic (exact) mass is 282 g/mol. The number of nitrogens with zero attached hydrogens (tertiary/aromatic N) is 1. The van der Waals surface area contributed by atoms with E-state index in [1.807, 2.05) is 0 Å². The summed E-state index contributed by atoms with van der Waals surface area (Å²) < 4.78 is 0. The van der Waals surface area contributed by atoms with Crippen LogP contribution < -0.4 is 16.4 Å². The Morgan fingerprint density at radius 1 is 1.47 bits per heavy atom. The fourth-order valence-corrected chi connectivity index (χ4v) is 2.96. The number of nitrogen functional groups attached to an aromatic ring is 1. The minimum Gasteiger partial charge on any atom is -0.382 e. The SMILES string of the molecule is CCCNc1nc(N)c(C(=O)NC2CC2CCC)s1. The summed E-state index contributed by atoms with van der Waals surface area (Å²) in [5, 5.41) is 6.92. The molecule has 1 heterocycles. The number of rotatable bonds is 7. The average Bonchev–Trinajstić information content (AvgIpc) is 2.98. The van der Waals surface area contributed by atoms with Gasteiger partial charge in [0.15, 0.2) is 5.13 Å². The van der Waals surface area contributed by atoms with Crippen LogP contribution in [-0.2, 0) is 0 Å². The lowest BCUT2D eigenvalue weighted by Crippen LogP contribution is -2.26. The van der Waals surface area contributed by atoms with E-state index in [-0.39, 0.29) is 5.91 Å². The molecule has 4 N–H and O–H groups in total. The molecule has 0 spiro atoms. The van der Waals surface area contributed by atoms with Crippen molar-refractivity contribution in [2.24, 2.45) is 5.92 Å². The van der Waals surface area contributed by atoms with Crippen molar-refractivity contribution in [3.63, 3.8) is 0 Å². The highest BCUT2D eigenvalue weighted by molar-refractivity contribution is 7.18. The summed E-state index contributed by atoms with van der Waals surface area (Å²) in [6, 6.07) is 0.334. The van der Waals surface area contributed by atoms with Gasteiger partial charge in [0.2, 0.25) is 0 Å². The summed E-state index contributed by atoms with van der Waals surface area (Å²) in [5.41, 5.74) is 5.80. The van der Waals surface area contributed by atoms with Gasteiger partial charge in [-0.15, -0.1) is 0 Å². The highest BCUT2D eigenvalue weighted by Gasteiger charge is 2.37. The summed E-state index contributed by atoms with van der Waals surface area (Å²) in [6.07, 6.45) is 4.47. The zero-order valence-corrected chi connectivity index (χ0v) is 12.3. The molecule has 1 saturated carbocycles. The second-order valence-corrected chi connectivity index (χ2v) is 6.02. The maximum absolute atomic E-state index is 12.1. The number of carbonyl (C=O) groups is 1. The predicted octanol–water partition coefficient (Wildman–Crippen LogP) is 2.47. The molecule has 2 unspecified atom stereocenters. The molecule has 0 radical (unpaired) electrons. The summed E-state index contributed by atoms with van der Waals surface area (Å²) in [4.78, 5) is 16.8. The smallest absolute Gasteiger partial charge is 0.265 e. The van der Waals surface area contributed by atoms with Crippen LogP contribution in [-0.4, -0.2) is 23.5 Å². The molecule has 2 rings (SSSR count). The van der Waals surface area contributed by atoms with Crippen molar-refractivity contribution in [3.8, 4) is 0 Å². The van der Waals surface area contributed by atoms with E-state index >= 15 is 0 Å². The van der Waals surface area contributed by atoms with E-state index in [4.69, 9.17) is 5.73 Å². The van der Waals surface area contributed by atoms with E-state index in [1.54, 1.807) is 0 Å².